The third-order valence-corrected chi connectivity index (χ3v) is 9.06. The van der Waals surface area contributed by atoms with Crippen molar-refractivity contribution < 1.29 is 13.2 Å². The third kappa shape index (κ3) is 3.75. The minimum atomic E-state index is -3.76. The minimum Gasteiger partial charge on any atom is -0.312 e. The summed E-state index contributed by atoms with van der Waals surface area (Å²) in [5.74, 6) is 0.294. The molecule has 1 heterocycles. The Hall–Kier alpha value is -2.34. The summed E-state index contributed by atoms with van der Waals surface area (Å²) < 4.78 is 29.6. The molecule has 0 saturated heterocycles. The Labute approximate surface area is 185 Å². The van der Waals surface area contributed by atoms with Gasteiger partial charge in [0, 0.05) is 18.2 Å². The Kier molecular flexibility index (Phi) is 5.63. The lowest BCUT2D eigenvalue weighted by Crippen LogP contribution is -2.33. The van der Waals surface area contributed by atoms with Crippen LogP contribution in [0.25, 0.3) is 0 Å². The number of rotatable bonds is 4. The number of carbonyl (C=O) groups excluding carboxylic acids is 1. The average Bonchev–Trinajstić information content (AvgIpc) is 3.40. The maximum atomic E-state index is 13.4. The van der Waals surface area contributed by atoms with Crippen molar-refractivity contribution in [1.82, 2.24) is 0 Å². The fourth-order valence-corrected chi connectivity index (χ4v) is 6.79. The van der Waals surface area contributed by atoms with Crippen LogP contribution in [0.2, 0.25) is 0 Å². The topological polar surface area (TPSA) is 66.5 Å². The molecule has 0 radical (unpaired) electrons. The van der Waals surface area contributed by atoms with E-state index in [0.29, 0.717) is 17.1 Å². The number of amides is 1. The van der Waals surface area contributed by atoms with E-state index in [-0.39, 0.29) is 11.8 Å². The summed E-state index contributed by atoms with van der Waals surface area (Å²) in [6.45, 7) is 10.4. The average molecular weight is 441 g/mol. The summed E-state index contributed by atoms with van der Waals surface area (Å²) in [6, 6.07) is 5.57. The molecule has 31 heavy (non-hydrogen) atoms. The van der Waals surface area contributed by atoms with E-state index in [1.54, 1.807) is 6.07 Å². The van der Waals surface area contributed by atoms with Gasteiger partial charge in [-0.05, 0) is 99.4 Å². The van der Waals surface area contributed by atoms with Crippen molar-refractivity contribution in [3.63, 3.8) is 0 Å². The van der Waals surface area contributed by atoms with Crippen LogP contribution in [-0.2, 0) is 21.2 Å². The molecule has 1 fully saturated rings. The first kappa shape index (κ1) is 21.9. The quantitative estimate of drug-likeness (QED) is 0.718. The van der Waals surface area contributed by atoms with Crippen LogP contribution in [0.15, 0.2) is 23.1 Å². The molecule has 6 heteroatoms. The molecule has 0 bridgehead atoms. The lowest BCUT2D eigenvalue weighted by atomic mass is 9.95. The van der Waals surface area contributed by atoms with Gasteiger partial charge in [-0.3, -0.25) is 9.52 Å². The molecule has 1 N–H and O–H groups in total. The number of hydrogen-bond donors (Lipinski definition) is 1. The molecule has 0 unspecified atom stereocenters. The summed E-state index contributed by atoms with van der Waals surface area (Å²) in [5, 5.41) is 0. The number of anilines is 2. The van der Waals surface area contributed by atoms with Crippen molar-refractivity contribution in [2.24, 2.45) is 5.92 Å². The summed E-state index contributed by atoms with van der Waals surface area (Å²) in [7, 11) is -3.76. The fourth-order valence-electron chi connectivity index (χ4n) is 5.14. The summed E-state index contributed by atoms with van der Waals surface area (Å²) in [5.41, 5.74) is 7.16. The number of fused-ring (bicyclic) bond motifs is 1. The number of carbonyl (C=O) groups is 1. The normalized spacial score (nSPS) is 16.6. The molecular formula is C25H32N2O3S. The first-order valence-corrected chi connectivity index (χ1v) is 12.6. The Balaban J connectivity index is 1.67. The molecule has 166 valence electrons. The van der Waals surface area contributed by atoms with E-state index in [0.717, 1.165) is 71.2 Å². The molecular weight excluding hydrogens is 408 g/mol. The zero-order chi connectivity index (χ0) is 22.5. The highest BCUT2D eigenvalue weighted by Gasteiger charge is 2.32. The number of nitrogens with zero attached hydrogens (tertiary/aromatic N) is 1. The van der Waals surface area contributed by atoms with Gasteiger partial charge in [-0.2, -0.15) is 0 Å². The number of benzene rings is 2. The second-order valence-electron chi connectivity index (χ2n) is 9.12. The molecule has 1 aliphatic heterocycles. The van der Waals surface area contributed by atoms with Gasteiger partial charge in [-0.25, -0.2) is 8.42 Å². The van der Waals surface area contributed by atoms with Crippen molar-refractivity contribution in [2.45, 2.75) is 71.6 Å². The molecule has 5 nitrogen and oxygen atoms in total. The van der Waals surface area contributed by atoms with Gasteiger partial charge in [0.05, 0.1) is 10.6 Å². The van der Waals surface area contributed by atoms with Crippen molar-refractivity contribution in [3.8, 4) is 0 Å². The lowest BCUT2D eigenvalue weighted by molar-refractivity contribution is -0.122. The molecule has 0 spiro atoms. The van der Waals surface area contributed by atoms with Crippen LogP contribution < -0.4 is 9.62 Å². The molecule has 0 atom stereocenters. The summed E-state index contributed by atoms with van der Waals surface area (Å²) in [4.78, 5) is 15.2. The number of hydrogen-bond acceptors (Lipinski definition) is 3. The van der Waals surface area contributed by atoms with Crippen molar-refractivity contribution >= 4 is 27.3 Å². The van der Waals surface area contributed by atoms with Crippen LogP contribution in [0.1, 0.15) is 59.1 Å². The smallest absolute Gasteiger partial charge is 0.262 e. The van der Waals surface area contributed by atoms with E-state index in [2.05, 4.69) is 4.72 Å². The van der Waals surface area contributed by atoms with Gasteiger partial charge in [-0.1, -0.05) is 18.9 Å². The zero-order valence-electron chi connectivity index (χ0n) is 19.1. The van der Waals surface area contributed by atoms with Crippen molar-refractivity contribution in [2.75, 3.05) is 16.2 Å². The Morgan fingerprint density at radius 1 is 0.935 bits per heavy atom. The van der Waals surface area contributed by atoms with Crippen LogP contribution in [0, 0.1) is 40.5 Å². The molecule has 1 aliphatic carbocycles. The molecule has 4 rings (SSSR count). The summed E-state index contributed by atoms with van der Waals surface area (Å²) in [6.07, 6.45) is 4.97. The van der Waals surface area contributed by atoms with Gasteiger partial charge in [0.15, 0.2) is 0 Å². The van der Waals surface area contributed by atoms with Crippen LogP contribution in [0.5, 0.6) is 0 Å². The van der Waals surface area contributed by atoms with Crippen LogP contribution in [-0.4, -0.2) is 20.9 Å². The van der Waals surface area contributed by atoms with Crippen molar-refractivity contribution in [3.05, 3.63) is 51.6 Å². The van der Waals surface area contributed by atoms with Crippen LogP contribution in [0.3, 0.4) is 0 Å². The van der Waals surface area contributed by atoms with Crippen LogP contribution in [0.4, 0.5) is 11.4 Å². The zero-order valence-corrected chi connectivity index (χ0v) is 19.9. The van der Waals surface area contributed by atoms with Gasteiger partial charge in [0.2, 0.25) is 5.91 Å². The van der Waals surface area contributed by atoms with E-state index in [1.807, 2.05) is 51.7 Å². The second-order valence-corrected chi connectivity index (χ2v) is 10.7. The first-order valence-electron chi connectivity index (χ1n) is 11.2. The number of sulfonamides is 1. The summed E-state index contributed by atoms with van der Waals surface area (Å²) >= 11 is 0. The van der Waals surface area contributed by atoms with Gasteiger partial charge in [-0.15, -0.1) is 0 Å². The largest absolute Gasteiger partial charge is 0.312 e. The fraction of sp³-hybridized carbons (Fsp3) is 0.480. The van der Waals surface area contributed by atoms with Crippen LogP contribution >= 0.6 is 0 Å². The minimum absolute atomic E-state index is 0.107. The molecule has 1 amide bonds. The Morgan fingerprint density at radius 3 is 2.13 bits per heavy atom. The second kappa shape index (κ2) is 7.97. The Morgan fingerprint density at radius 2 is 1.52 bits per heavy atom. The highest BCUT2D eigenvalue weighted by atomic mass is 32.2. The standard InChI is InChI=1S/C25H32N2O3S/c1-15-16(2)18(4)24(19(5)17(15)3)31(29,30)26-22-11-10-20-12-13-27(23(20)14-22)25(28)21-8-6-7-9-21/h10-11,14,21,26H,6-9,12-13H2,1-5H3. The van der Waals surface area contributed by atoms with Crippen molar-refractivity contribution in [1.29, 1.82) is 0 Å². The maximum absolute atomic E-state index is 13.4. The van der Waals surface area contributed by atoms with Gasteiger partial charge in [0.1, 0.15) is 0 Å². The lowest BCUT2D eigenvalue weighted by Gasteiger charge is -2.22. The van der Waals surface area contributed by atoms with E-state index < -0.39 is 10.0 Å². The van der Waals surface area contributed by atoms with Gasteiger partial charge >= 0.3 is 0 Å². The highest BCUT2D eigenvalue weighted by Crippen LogP contribution is 2.36. The number of nitrogens with one attached hydrogen (secondary N) is 1. The van der Waals surface area contributed by atoms with E-state index in [9.17, 15) is 13.2 Å². The van der Waals surface area contributed by atoms with E-state index in [4.69, 9.17) is 0 Å². The van der Waals surface area contributed by atoms with E-state index in [1.165, 1.54) is 0 Å². The van der Waals surface area contributed by atoms with Gasteiger partial charge < -0.3 is 4.90 Å². The highest BCUT2D eigenvalue weighted by molar-refractivity contribution is 7.92. The third-order valence-electron chi connectivity index (χ3n) is 7.40. The molecule has 2 aliphatic rings. The predicted octanol–water partition coefficient (Wildman–Crippen LogP) is 5.11. The predicted molar refractivity (Wildman–Crippen MR) is 125 cm³/mol. The van der Waals surface area contributed by atoms with E-state index >= 15 is 0 Å². The molecule has 0 aromatic heterocycles. The molecule has 2 aromatic carbocycles. The SMILES string of the molecule is Cc1c(C)c(C)c(S(=O)(=O)Nc2ccc3c(c2)N(C(=O)C2CCCC2)CC3)c(C)c1C. The Bertz CT molecular complexity index is 1130. The monoisotopic (exact) mass is 440 g/mol. The first-order chi connectivity index (χ1) is 14.6. The van der Waals surface area contributed by atoms with Gasteiger partial charge in [0.25, 0.3) is 10.0 Å². The molecule has 1 saturated carbocycles. The maximum Gasteiger partial charge on any atom is 0.262 e. The molecule has 2 aromatic rings.